The third-order valence-electron chi connectivity index (χ3n) is 15.1. The molecule has 0 spiro atoms. The zero-order chi connectivity index (χ0) is 61.9. The molecule has 0 rings (SSSR count). The normalized spacial score (nSPS) is 14.1. The highest BCUT2D eigenvalue weighted by Crippen LogP contribution is 2.45. The largest absolute Gasteiger partial charge is 0.472 e. The molecule has 84 heavy (non-hydrogen) atoms. The predicted octanol–water partition coefficient (Wildman–Crippen LogP) is 18.3. The number of hydrogen-bond donors (Lipinski definition) is 3. The van der Waals surface area contributed by atoms with Crippen LogP contribution in [0.25, 0.3) is 0 Å². The number of ether oxygens (including phenoxy) is 4. The van der Waals surface area contributed by atoms with E-state index >= 15 is 0 Å². The molecule has 0 bridgehead atoms. The molecule has 19 heteroatoms. The van der Waals surface area contributed by atoms with Crippen LogP contribution in [0, 0.1) is 0 Å². The number of esters is 4. The van der Waals surface area contributed by atoms with Crippen molar-refractivity contribution in [2.24, 2.45) is 0 Å². The highest BCUT2D eigenvalue weighted by molar-refractivity contribution is 7.47. The fourth-order valence-electron chi connectivity index (χ4n) is 9.81. The monoisotopic (exact) mass is 1240 g/mol. The maximum Gasteiger partial charge on any atom is 0.472 e. The second-order valence-electron chi connectivity index (χ2n) is 23.5. The Balaban J connectivity index is 5.17. The van der Waals surface area contributed by atoms with Crippen molar-refractivity contribution in [3.8, 4) is 0 Å². The van der Waals surface area contributed by atoms with E-state index in [0.717, 1.165) is 103 Å². The summed E-state index contributed by atoms with van der Waals surface area (Å²) in [6.07, 6.45) is 45.9. The summed E-state index contributed by atoms with van der Waals surface area (Å²) in [7, 11) is -9.88. The van der Waals surface area contributed by atoms with Crippen molar-refractivity contribution in [3.05, 3.63) is 0 Å². The zero-order valence-corrected chi connectivity index (χ0v) is 55.7. The predicted molar refractivity (Wildman–Crippen MR) is 335 cm³/mol. The smallest absolute Gasteiger partial charge is 0.462 e. The van der Waals surface area contributed by atoms with Gasteiger partial charge in [-0.2, -0.15) is 0 Å². The van der Waals surface area contributed by atoms with E-state index in [1.807, 2.05) is 0 Å². The lowest BCUT2D eigenvalue weighted by Gasteiger charge is -2.21. The second-order valence-corrected chi connectivity index (χ2v) is 26.4. The minimum absolute atomic E-state index is 0.106. The first-order chi connectivity index (χ1) is 40.7. The molecule has 0 saturated carbocycles. The number of carbonyl (C=O) groups excluding carboxylic acids is 4. The number of phosphoric ester groups is 2. The molecule has 5 atom stereocenters. The van der Waals surface area contributed by atoms with Crippen LogP contribution in [-0.4, -0.2) is 96.7 Å². The van der Waals surface area contributed by atoms with Crippen LogP contribution in [0.1, 0.15) is 336 Å². The first-order valence-electron chi connectivity index (χ1n) is 34.3. The quantitative estimate of drug-likeness (QED) is 0.0222. The van der Waals surface area contributed by atoms with Crippen molar-refractivity contribution in [2.75, 3.05) is 39.6 Å². The van der Waals surface area contributed by atoms with Crippen molar-refractivity contribution in [3.63, 3.8) is 0 Å². The zero-order valence-electron chi connectivity index (χ0n) is 53.9. The molecule has 0 aliphatic heterocycles. The van der Waals surface area contributed by atoms with Gasteiger partial charge >= 0.3 is 39.5 Å². The van der Waals surface area contributed by atoms with Gasteiger partial charge in [0.05, 0.1) is 26.4 Å². The molecule has 2 unspecified atom stereocenters. The first-order valence-corrected chi connectivity index (χ1v) is 37.3. The molecule has 0 aromatic rings. The van der Waals surface area contributed by atoms with E-state index in [0.29, 0.717) is 25.7 Å². The van der Waals surface area contributed by atoms with Gasteiger partial charge in [0.25, 0.3) is 0 Å². The number of aliphatic hydroxyl groups excluding tert-OH is 1. The fraction of sp³-hybridized carbons (Fsp3) is 0.938. The Kier molecular flexibility index (Phi) is 58.6. The Labute approximate surface area is 511 Å². The van der Waals surface area contributed by atoms with Gasteiger partial charge in [-0.3, -0.25) is 37.3 Å². The molecule has 17 nitrogen and oxygen atoms in total. The minimum atomic E-state index is -4.94. The molecule has 0 aromatic carbocycles. The maximum atomic E-state index is 13.0. The lowest BCUT2D eigenvalue weighted by Crippen LogP contribution is -2.30. The average Bonchev–Trinajstić information content (AvgIpc) is 3.60. The summed E-state index contributed by atoms with van der Waals surface area (Å²) in [5.74, 6) is -2.13. The minimum Gasteiger partial charge on any atom is -0.462 e. The Bertz CT molecular complexity index is 1620. The summed E-state index contributed by atoms with van der Waals surface area (Å²) in [5, 5.41) is 10.5. The fourth-order valence-corrected chi connectivity index (χ4v) is 11.4. The summed E-state index contributed by atoms with van der Waals surface area (Å²) in [6.45, 7) is 4.85. The van der Waals surface area contributed by atoms with E-state index in [9.17, 15) is 43.2 Å². The van der Waals surface area contributed by atoms with Gasteiger partial charge in [-0.15, -0.1) is 0 Å². The van der Waals surface area contributed by atoms with E-state index in [-0.39, 0.29) is 25.7 Å². The van der Waals surface area contributed by atoms with Crippen LogP contribution in [0.5, 0.6) is 0 Å². The van der Waals surface area contributed by atoms with Crippen LogP contribution in [0.2, 0.25) is 0 Å². The molecule has 498 valence electrons. The molecule has 3 N–H and O–H groups in total. The third kappa shape index (κ3) is 59.0. The van der Waals surface area contributed by atoms with E-state index in [2.05, 4.69) is 27.7 Å². The molecule has 0 fully saturated rings. The van der Waals surface area contributed by atoms with Crippen molar-refractivity contribution in [1.29, 1.82) is 0 Å². The Hall–Kier alpha value is -1.94. The Morgan fingerprint density at radius 2 is 0.476 bits per heavy atom. The van der Waals surface area contributed by atoms with E-state index < -0.39 is 97.5 Å². The molecule has 0 aromatic heterocycles. The van der Waals surface area contributed by atoms with Gasteiger partial charge < -0.3 is 33.8 Å². The van der Waals surface area contributed by atoms with E-state index in [1.165, 1.54) is 154 Å². The first kappa shape index (κ1) is 82.1. The number of carbonyl (C=O) groups is 4. The van der Waals surface area contributed by atoms with Crippen molar-refractivity contribution >= 4 is 39.5 Å². The van der Waals surface area contributed by atoms with Gasteiger partial charge in [-0.1, -0.05) is 285 Å². The molecule has 0 saturated heterocycles. The van der Waals surface area contributed by atoms with Gasteiger partial charge in [-0.05, 0) is 25.7 Å². The average molecular weight is 1240 g/mol. The number of aliphatic hydroxyl groups is 1. The van der Waals surface area contributed by atoms with Crippen molar-refractivity contribution in [2.45, 2.75) is 354 Å². The van der Waals surface area contributed by atoms with E-state index in [4.69, 9.17) is 37.0 Å². The number of unbranched alkanes of at least 4 members (excludes halogenated alkanes) is 40. The summed E-state index contributed by atoms with van der Waals surface area (Å²) in [6, 6.07) is 0. The lowest BCUT2D eigenvalue weighted by atomic mass is 10.0. The van der Waals surface area contributed by atoms with Crippen LogP contribution in [0.3, 0.4) is 0 Å². The Morgan fingerprint density at radius 1 is 0.286 bits per heavy atom. The number of rotatable bonds is 66. The van der Waals surface area contributed by atoms with Crippen LogP contribution in [0.4, 0.5) is 0 Å². The molecular weight excluding hydrogens is 1110 g/mol. The lowest BCUT2D eigenvalue weighted by molar-refractivity contribution is -0.161. The topological polar surface area (TPSA) is 237 Å². The van der Waals surface area contributed by atoms with Crippen molar-refractivity contribution < 1.29 is 80.2 Å². The summed E-state index contributed by atoms with van der Waals surface area (Å²) in [5.41, 5.74) is 0. The molecular formula is C65H126O17P2. The summed E-state index contributed by atoms with van der Waals surface area (Å²) < 4.78 is 67.9. The van der Waals surface area contributed by atoms with Crippen LogP contribution < -0.4 is 0 Å². The standard InChI is InChI=1S/C65H126O17P2/c1-5-9-13-17-21-24-27-28-29-30-31-32-33-36-40-44-48-52-65(70)82-61(56-76-63(68)50-46-42-38-34-25-22-18-14-10-6-2)58-80-84(73,74)78-54-59(66)53-77-83(71,72)79-57-60(55-75-62(67)49-45-41-37-20-16-12-8-4)81-64(69)51-47-43-39-35-26-23-19-15-11-7-3/h59-61,66H,5-58H2,1-4H3,(H,71,72)(H,73,74)/t59-,60+,61+/m0/s1. The van der Waals surface area contributed by atoms with Crippen LogP contribution >= 0.6 is 15.6 Å². The number of hydrogen-bond acceptors (Lipinski definition) is 15. The molecule has 0 amide bonds. The SMILES string of the molecule is CCCCCCCCCCCCCCCCCCCC(=O)O[C@H](COC(=O)CCCCCCCCCCCC)COP(=O)(O)OC[C@@H](O)COP(=O)(O)OC[C@@H](COC(=O)CCCCCCCCC)OC(=O)CCCCCCCCCCCC. The van der Waals surface area contributed by atoms with Gasteiger partial charge in [-0.25, -0.2) is 9.13 Å². The highest BCUT2D eigenvalue weighted by atomic mass is 31.2. The van der Waals surface area contributed by atoms with Crippen molar-refractivity contribution in [1.82, 2.24) is 0 Å². The maximum absolute atomic E-state index is 13.0. The molecule has 0 aliphatic carbocycles. The van der Waals surface area contributed by atoms with Crippen LogP contribution in [0.15, 0.2) is 0 Å². The van der Waals surface area contributed by atoms with Crippen LogP contribution in [-0.2, 0) is 65.4 Å². The molecule has 0 radical (unpaired) electrons. The van der Waals surface area contributed by atoms with Gasteiger partial charge in [0.15, 0.2) is 12.2 Å². The van der Waals surface area contributed by atoms with Gasteiger partial charge in [0.1, 0.15) is 19.3 Å². The Morgan fingerprint density at radius 3 is 0.702 bits per heavy atom. The summed E-state index contributed by atoms with van der Waals surface area (Å²) in [4.78, 5) is 72.1. The van der Waals surface area contributed by atoms with Gasteiger partial charge in [0.2, 0.25) is 0 Å². The summed E-state index contributed by atoms with van der Waals surface area (Å²) >= 11 is 0. The van der Waals surface area contributed by atoms with Gasteiger partial charge in [0, 0.05) is 25.7 Å². The highest BCUT2D eigenvalue weighted by Gasteiger charge is 2.30. The third-order valence-corrected chi connectivity index (χ3v) is 17.0. The molecule has 0 heterocycles. The molecule has 0 aliphatic rings. The van der Waals surface area contributed by atoms with E-state index in [1.54, 1.807) is 0 Å². The number of phosphoric acid groups is 2. The second kappa shape index (κ2) is 60.0.